The van der Waals surface area contributed by atoms with Crippen LogP contribution >= 0.6 is 0 Å². The molecule has 0 bridgehead atoms. The summed E-state index contributed by atoms with van der Waals surface area (Å²) in [6.07, 6.45) is 2.28. The Balaban J connectivity index is 2.73. The fraction of sp³-hybridized carbons (Fsp3) is 0.429. The monoisotopic (exact) mass is 216 g/mol. The molecule has 1 N–H and O–H groups in total. The summed E-state index contributed by atoms with van der Waals surface area (Å²) in [5, 5.41) is 4.70. The summed E-state index contributed by atoms with van der Waals surface area (Å²) in [5.41, 5.74) is 4.12. The highest BCUT2D eigenvalue weighted by Gasteiger charge is 2.13. The second-order valence-electron chi connectivity index (χ2n) is 4.35. The number of rotatable bonds is 3. The second kappa shape index (κ2) is 4.30. The molecule has 2 nitrogen and oxygen atoms in total. The van der Waals surface area contributed by atoms with Crippen LogP contribution in [0.4, 0.5) is 0 Å². The number of fused-ring (bicyclic) bond motifs is 1. The van der Waals surface area contributed by atoms with Crippen molar-refractivity contribution in [3.63, 3.8) is 0 Å². The Morgan fingerprint density at radius 2 is 2.12 bits per heavy atom. The summed E-state index contributed by atoms with van der Waals surface area (Å²) < 4.78 is 2.34. The van der Waals surface area contributed by atoms with Gasteiger partial charge in [0, 0.05) is 24.2 Å². The van der Waals surface area contributed by atoms with Crippen molar-refractivity contribution in [2.75, 3.05) is 7.05 Å². The summed E-state index contributed by atoms with van der Waals surface area (Å²) >= 11 is 0. The Bertz CT molecular complexity index is 497. The van der Waals surface area contributed by atoms with Crippen molar-refractivity contribution in [1.82, 2.24) is 9.88 Å². The summed E-state index contributed by atoms with van der Waals surface area (Å²) in [6, 6.07) is 6.95. The van der Waals surface area contributed by atoms with Crippen molar-refractivity contribution in [2.45, 2.75) is 33.4 Å². The molecule has 1 heterocycles. The van der Waals surface area contributed by atoms with Crippen LogP contribution < -0.4 is 5.32 Å². The molecule has 1 aromatic heterocycles. The van der Waals surface area contributed by atoms with Crippen LogP contribution in [0.2, 0.25) is 0 Å². The van der Waals surface area contributed by atoms with Crippen LogP contribution in [-0.4, -0.2) is 11.6 Å². The quantitative estimate of drug-likeness (QED) is 0.833. The van der Waals surface area contributed by atoms with Gasteiger partial charge in [-0.05, 0) is 38.9 Å². The van der Waals surface area contributed by atoms with E-state index in [4.69, 9.17) is 0 Å². The summed E-state index contributed by atoms with van der Waals surface area (Å²) in [5.74, 6) is 0. The maximum Gasteiger partial charge on any atom is 0.0513 e. The first-order valence-corrected chi connectivity index (χ1v) is 5.94. The van der Waals surface area contributed by atoms with E-state index in [1.165, 1.54) is 22.0 Å². The van der Waals surface area contributed by atoms with E-state index in [9.17, 15) is 0 Å². The highest BCUT2D eigenvalue weighted by atomic mass is 15.0. The van der Waals surface area contributed by atoms with Crippen molar-refractivity contribution in [1.29, 1.82) is 0 Å². The van der Waals surface area contributed by atoms with Gasteiger partial charge in [0.05, 0.1) is 5.52 Å². The lowest BCUT2D eigenvalue weighted by Gasteiger charge is -2.08. The van der Waals surface area contributed by atoms with Gasteiger partial charge in [-0.2, -0.15) is 0 Å². The molecule has 86 valence electrons. The normalized spacial score (nSPS) is 13.2. The fourth-order valence-electron chi connectivity index (χ4n) is 2.33. The number of benzene rings is 1. The Morgan fingerprint density at radius 3 is 2.75 bits per heavy atom. The Kier molecular flexibility index (Phi) is 3.01. The van der Waals surface area contributed by atoms with Crippen molar-refractivity contribution in [3.8, 4) is 0 Å². The molecule has 1 atom stereocenters. The highest BCUT2D eigenvalue weighted by Crippen LogP contribution is 2.28. The van der Waals surface area contributed by atoms with Crippen LogP contribution in [0, 0.1) is 6.92 Å². The van der Waals surface area contributed by atoms with Gasteiger partial charge >= 0.3 is 0 Å². The molecule has 0 aliphatic heterocycles. The predicted octanol–water partition coefficient (Wildman–Crippen LogP) is 3.25. The van der Waals surface area contributed by atoms with Gasteiger partial charge in [-0.25, -0.2) is 0 Å². The van der Waals surface area contributed by atoms with Gasteiger partial charge in [0.2, 0.25) is 0 Å². The SMILES string of the molecule is CCn1cc(C(C)NC)c2cccc(C)c21. The molecule has 16 heavy (non-hydrogen) atoms. The van der Waals surface area contributed by atoms with E-state index in [0.717, 1.165) is 6.54 Å². The minimum Gasteiger partial charge on any atom is -0.347 e. The first-order valence-electron chi connectivity index (χ1n) is 5.94. The van der Waals surface area contributed by atoms with Crippen molar-refractivity contribution in [2.24, 2.45) is 0 Å². The molecular formula is C14H20N2. The number of hydrogen-bond donors (Lipinski definition) is 1. The maximum absolute atomic E-state index is 3.32. The Labute approximate surface area is 97.3 Å². The third-order valence-corrected chi connectivity index (χ3v) is 3.37. The van der Waals surface area contributed by atoms with E-state index < -0.39 is 0 Å². The van der Waals surface area contributed by atoms with E-state index in [0.29, 0.717) is 6.04 Å². The van der Waals surface area contributed by atoms with Crippen LogP contribution in [0.1, 0.15) is 31.0 Å². The molecule has 1 unspecified atom stereocenters. The molecule has 1 aromatic carbocycles. The smallest absolute Gasteiger partial charge is 0.0513 e. The molecule has 2 aromatic rings. The first-order chi connectivity index (χ1) is 7.69. The molecule has 2 heteroatoms. The fourth-order valence-corrected chi connectivity index (χ4v) is 2.33. The highest BCUT2D eigenvalue weighted by molar-refractivity contribution is 5.87. The predicted molar refractivity (Wildman–Crippen MR) is 69.8 cm³/mol. The summed E-state index contributed by atoms with van der Waals surface area (Å²) in [4.78, 5) is 0. The first kappa shape index (κ1) is 11.2. The number of nitrogens with one attached hydrogen (secondary N) is 1. The zero-order chi connectivity index (χ0) is 11.7. The molecule has 0 spiro atoms. The average molecular weight is 216 g/mol. The number of para-hydroxylation sites is 1. The molecule has 2 rings (SSSR count). The van der Waals surface area contributed by atoms with Gasteiger partial charge in [-0.1, -0.05) is 18.2 Å². The molecule has 0 fully saturated rings. The third-order valence-electron chi connectivity index (χ3n) is 3.37. The summed E-state index contributed by atoms with van der Waals surface area (Å²) in [7, 11) is 2.01. The Hall–Kier alpha value is -1.28. The van der Waals surface area contributed by atoms with Crippen molar-refractivity contribution >= 4 is 10.9 Å². The van der Waals surface area contributed by atoms with Crippen LogP contribution in [0.15, 0.2) is 24.4 Å². The van der Waals surface area contributed by atoms with Gasteiger partial charge in [0.25, 0.3) is 0 Å². The molecule has 0 radical (unpaired) electrons. The van der Waals surface area contributed by atoms with Gasteiger partial charge in [0.15, 0.2) is 0 Å². The molecule has 0 amide bonds. The van der Waals surface area contributed by atoms with E-state index >= 15 is 0 Å². The Morgan fingerprint density at radius 1 is 1.38 bits per heavy atom. The van der Waals surface area contributed by atoms with E-state index in [2.05, 4.69) is 55.1 Å². The van der Waals surface area contributed by atoms with Crippen molar-refractivity contribution < 1.29 is 0 Å². The maximum atomic E-state index is 3.32. The molecule has 0 aliphatic carbocycles. The van der Waals surface area contributed by atoms with E-state index in [-0.39, 0.29) is 0 Å². The van der Waals surface area contributed by atoms with Gasteiger partial charge in [-0.15, -0.1) is 0 Å². The van der Waals surface area contributed by atoms with Crippen molar-refractivity contribution in [3.05, 3.63) is 35.5 Å². The number of aromatic nitrogens is 1. The van der Waals surface area contributed by atoms with E-state index in [1.807, 2.05) is 7.05 Å². The lowest BCUT2D eigenvalue weighted by Crippen LogP contribution is -2.11. The molecular weight excluding hydrogens is 196 g/mol. The number of nitrogens with zero attached hydrogens (tertiary/aromatic N) is 1. The third kappa shape index (κ3) is 1.63. The average Bonchev–Trinajstić information content (AvgIpc) is 2.68. The number of aryl methyl sites for hydroxylation is 2. The van der Waals surface area contributed by atoms with Gasteiger partial charge in [0.1, 0.15) is 0 Å². The van der Waals surface area contributed by atoms with E-state index in [1.54, 1.807) is 0 Å². The minimum absolute atomic E-state index is 0.400. The lowest BCUT2D eigenvalue weighted by molar-refractivity contribution is 0.651. The van der Waals surface area contributed by atoms with Gasteiger partial charge < -0.3 is 9.88 Å². The largest absolute Gasteiger partial charge is 0.347 e. The molecule has 0 saturated heterocycles. The second-order valence-corrected chi connectivity index (χ2v) is 4.35. The van der Waals surface area contributed by atoms with Crippen LogP contribution in [-0.2, 0) is 6.54 Å². The van der Waals surface area contributed by atoms with Crippen LogP contribution in [0.5, 0.6) is 0 Å². The topological polar surface area (TPSA) is 17.0 Å². The zero-order valence-electron chi connectivity index (χ0n) is 10.5. The number of hydrogen-bond acceptors (Lipinski definition) is 1. The molecule has 0 aliphatic rings. The zero-order valence-corrected chi connectivity index (χ0v) is 10.5. The lowest BCUT2D eigenvalue weighted by atomic mass is 10.1. The van der Waals surface area contributed by atoms with Crippen LogP contribution in [0.3, 0.4) is 0 Å². The molecule has 0 saturated carbocycles. The standard InChI is InChI=1S/C14H20N2/c1-5-16-9-13(11(3)15-4)12-8-6-7-10(2)14(12)16/h6-9,11,15H,5H2,1-4H3. The summed E-state index contributed by atoms with van der Waals surface area (Å²) in [6.45, 7) is 7.61. The van der Waals surface area contributed by atoms with Crippen LogP contribution in [0.25, 0.3) is 10.9 Å². The van der Waals surface area contributed by atoms with Gasteiger partial charge in [-0.3, -0.25) is 0 Å². The minimum atomic E-state index is 0.400.